The minimum atomic E-state index is -0.444. The van der Waals surface area contributed by atoms with E-state index < -0.39 is 5.60 Å². The molecule has 1 amide bonds. The first kappa shape index (κ1) is 27.3. The monoisotopic (exact) mass is 537 g/mol. The van der Waals surface area contributed by atoms with Crippen LogP contribution in [-0.2, 0) is 4.74 Å². The van der Waals surface area contributed by atoms with Crippen LogP contribution in [0.3, 0.4) is 0 Å². The van der Waals surface area contributed by atoms with Gasteiger partial charge in [-0.3, -0.25) is 4.99 Å². The zero-order valence-electron chi connectivity index (χ0n) is 19.8. The van der Waals surface area contributed by atoms with E-state index in [0.717, 1.165) is 51.4 Å². The first-order chi connectivity index (χ1) is 13.8. The summed E-state index contributed by atoms with van der Waals surface area (Å²) in [6.07, 6.45) is 5.83. The average Bonchev–Trinajstić information content (AvgIpc) is 3.19. The summed E-state index contributed by atoms with van der Waals surface area (Å²) in [5, 5.41) is 3.54. The van der Waals surface area contributed by atoms with Crippen LogP contribution in [0.4, 0.5) is 4.79 Å². The van der Waals surface area contributed by atoms with Gasteiger partial charge in [0, 0.05) is 39.8 Å². The van der Waals surface area contributed by atoms with Crippen molar-refractivity contribution in [2.75, 3.05) is 59.4 Å². The van der Waals surface area contributed by atoms with Gasteiger partial charge in [0.2, 0.25) is 0 Å². The SMILES string of the molecule is CCN(CC1CCN(C(=NC)NCCCN2CCCC2)CC1)C(=O)OC(C)(C)C.I. The molecule has 0 aromatic heterocycles. The highest BCUT2D eigenvalue weighted by molar-refractivity contribution is 14.0. The van der Waals surface area contributed by atoms with Crippen molar-refractivity contribution in [1.82, 2.24) is 20.0 Å². The van der Waals surface area contributed by atoms with Gasteiger partial charge in [-0.1, -0.05) is 0 Å². The minimum absolute atomic E-state index is 0. The van der Waals surface area contributed by atoms with Crippen molar-refractivity contribution in [3.8, 4) is 0 Å². The Morgan fingerprint density at radius 1 is 1.17 bits per heavy atom. The number of carbonyl (C=O) groups excluding carboxylic acids is 1. The molecule has 0 unspecified atom stereocenters. The molecule has 30 heavy (non-hydrogen) atoms. The van der Waals surface area contributed by atoms with Crippen LogP contribution in [0.5, 0.6) is 0 Å². The van der Waals surface area contributed by atoms with Gasteiger partial charge in [-0.15, -0.1) is 24.0 Å². The number of halogens is 1. The van der Waals surface area contributed by atoms with E-state index in [2.05, 4.69) is 20.1 Å². The number of ether oxygens (including phenoxy) is 1. The van der Waals surface area contributed by atoms with Gasteiger partial charge < -0.3 is 24.8 Å². The van der Waals surface area contributed by atoms with Gasteiger partial charge in [0.15, 0.2) is 5.96 Å². The zero-order valence-corrected chi connectivity index (χ0v) is 22.1. The molecule has 2 aliphatic rings. The van der Waals surface area contributed by atoms with E-state index in [0.29, 0.717) is 12.5 Å². The molecule has 176 valence electrons. The summed E-state index contributed by atoms with van der Waals surface area (Å²) in [7, 11) is 1.87. The van der Waals surface area contributed by atoms with Crippen LogP contribution in [0.25, 0.3) is 0 Å². The highest BCUT2D eigenvalue weighted by Gasteiger charge is 2.27. The fraction of sp³-hybridized carbons (Fsp3) is 0.909. The molecule has 0 atom stereocenters. The molecule has 7 nitrogen and oxygen atoms in total. The lowest BCUT2D eigenvalue weighted by Crippen LogP contribution is -2.48. The number of likely N-dealkylation sites (tertiary alicyclic amines) is 2. The van der Waals surface area contributed by atoms with Crippen LogP contribution >= 0.6 is 24.0 Å². The summed E-state index contributed by atoms with van der Waals surface area (Å²) in [5.74, 6) is 1.54. The van der Waals surface area contributed by atoms with Crippen molar-refractivity contribution in [3.63, 3.8) is 0 Å². The van der Waals surface area contributed by atoms with Gasteiger partial charge in [0.05, 0.1) is 0 Å². The average molecular weight is 538 g/mol. The standard InChI is InChI=1S/C22H43N5O2.HI/c1-6-26(21(28)29-22(2,3)4)18-19-10-16-27(17-11-19)20(23-5)24-12-9-15-25-13-7-8-14-25;/h19H,6-18H2,1-5H3,(H,23,24);1H. The lowest BCUT2D eigenvalue weighted by molar-refractivity contribution is 0.0214. The van der Waals surface area contributed by atoms with Crippen LogP contribution in [0.15, 0.2) is 4.99 Å². The molecule has 1 N–H and O–H groups in total. The Balaban J connectivity index is 0.00000450. The summed E-state index contributed by atoms with van der Waals surface area (Å²) in [5.41, 5.74) is -0.444. The lowest BCUT2D eigenvalue weighted by atomic mass is 9.96. The van der Waals surface area contributed by atoms with Crippen molar-refractivity contribution >= 4 is 36.0 Å². The fourth-order valence-corrected chi connectivity index (χ4v) is 4.14. The summed E-state index contributed by atoms with van der Waals surface area (Å²) in [4.78, 5) is 23.6. The van der Waals surface area contributed by atoms with Crippen LogP contribution in [0.1, 0.15) is 59.8 Å². The second kappa shape index (κ2) is 13.6. The molecule has 2 heterocycles. The van der Waals surface area contributed by atoms with Crippen molar-refractivity contribution in [3.05, 3.63) is 0 Å². The Labute approximate surface area is 201 Å². The molecule has 0 saturated carbocycles. The number of nitrogens with zero attached hydrogens (tertiary/aromatic N) is 4. The van der Waals surface area contributed by atoms with Gasteiger partial charge in [-0.2, -0.15) is 0 Å². The van der Waals surface area contributed by atoms with Crippen LogP contribution < -0.4 is 5.32 Å². The van der Waals surface area contributed by atoms with Crippen molar-refractivity contribution in [1.29, 1.82) is 0 Å². The quantitative estimate of drug-likeness (QED) is 0.233. The Bertz CT molecular complexity index is 524. The zero-order chi connectivity index (χ0) is 21.3. The lowest BCUT2D eigenvalue weighted by Gasteiger charge is -2.36. The summed E-state index contributed by atoms with van der Waals surface area (Å²) >= 11 is 0. The van der Waals surface area contributed by atoms with E-state index in [1.54, 1.807) is 0 Å². The maximum atomic E-state index is 12.4. The van der Waals surface area contributed by atoms with Crippen molar-refractivity contribution < 1.29 is 9.53 Å². The van der Waals surface area contributed by atoms with Gasteiger partial charge in [0.25, 0.3) is 0 Å². The van der Waals surface area contributed by atoms with Gasteiger partial charge >= 0.3 is 6.09 Å². The topological polar surface area (TPSA) is 60.4 Å². The second-order valence-electron chi connectivity index (χ2n) is 9.33. The number of guanidine groups is 1. The molecule has 0 bridgehead atoms. The molecular weight excluding hydrogens is 493 g/mol. The third-order valence-corrected chi connectivity index (χ3v) is 5.77. The predicted molar refractivity (Wildman–Crippen MR) is 135 cm³/mol. The number of aliphatic imine (C=N–C) groups is 1. The van der Waals surface area contributed by atoms with Crippen LogP contribution in [-0.4, -0.2) is 91.8 Å². The van der Waals surface area contributed by atoms with Crippen LogP contribution in [0.2, 0.25) is 0 Å². The van der Waals surface area contributed by atoms with Gasteiger partial charge in [-0.05, 0) is 85.4 Å². The largest absolute Gasteiger partial charge is 0.444 e. The molecule has 0 aromatic carbocycles. The van der Waals surface area contributed by atoms with Gasteiger partial charge in [-0.25, -0.2) is 4.79 Å². The molecule has 0 aliphatic carbocycles. The molecule has 8 heteroatoms. The second-order valence-corrected chi connectivity index (χ2v) is 9.33. The molecule has 2 aliphatic heterocycles. The molecule has 2 rings (SSSR count). The number of nitrogens with one attached hydrogen (secondary N) is 1. The third-order valence-electron chi connectivity index (χ3n) is 5.77. The fourth-order valence-electron chi connectivity index (χ4n) is 4.14. The maximum absolute atomic E-state index is 12.4. The van der Waals surface area contributed by atoms with Crippen LogP contribution in [0, 0.1) is 5.92 Å². The van der Waals surface area contributed by atoms with E-state index in [4.69, 9.17) is 4.74 Å². The maximum Gasteiger partial charge on any atom is 0.410 e. The normalized spacial score (nSPS) is 18.8. The summed E-state index contributed by atoms with van der Waals surface area (Å²) in [6.45, 7) is 15.9. The number of amides is 1. The Hall–Kier alpha value is -0.770. The molecule has 0 radical (unpaired) electrons. The van der Waals surface area contributed by atoms with Crippen molar-refractivity contribution in [2.45, 2.75) is 65.4 Å². The summed E-state index contributed by atoms with van der Waals surface area (Å²) < 4.78 is 5.54. The van der Waals surface area contributed by atoms with Gasteiger partial charge in [0.1, 0.15) is 5.60 Å². The number of piperidine rings is 1. The number of carbonyl (C=O) groups is 1. The highest BCUT2D eigenvalue weighted by atomic mass is 127. The number of hydrogen-bond donors (Lipinski definition) is 1. The first-order valence-electron chi connectivity index (χ1n) is 11.5. The van der Waals surface area contributed by atoms with E-state index in [-0.39, 0.29) is 30.1 Å². The summed E-state index contributed by atoms with van der Waals surface area (Å²) in [6, 6.07) is 0. The highest BCUT2D eigenvalue weighted by Crippen LogP contribution is 2.20. The van der Waals surface area contributed by atoms with E-state index >= 15 is 0 Å². The van der Waals surface area contributed by atoms with Crippen molar-refractivity contribution in [2.24, 2.45) is 10.9 Å². The van der Waals surface area contributed by atoms with E-state index in [1.165, 1.54) is 32.5 Å². The number of rotatable bonds is 7. The first-order valence-corrected chi connectivity index (χ1v) is 11.5. The van der Waals surface area contributed by atoms with E-state index in [9.17, 15) is 4.79 Å². The molecule has 0 spiro atoms. The third kappa shape index (κ3) is 9.58. The smallest absolute Gasteiger partial charge is 0.410 e. The molecule has 2 fully saturated rings. The molecule has 2 saturated heterocycles. The molecule has 0 aromatic rings. The Morgan fingerprint density at radius 3 is 2.33 bits per heavy atom. The molecular formula is C22H44IN5O2. The Kier molecular flexibility index (Phi) is 12.4. The number of hydrogen-bond acceptors (Lipinski definition) is 4. The predicted octanol–water partition coefficient (Wildman–Crippen LogP) is 3.63. The van der Waals surface area contributed by atoms with E-state index in [1.807, 2.05) is 39.6 Å². The Morgan fingerprint density at radius 2 is 1.80 bits per heavy atom. The minimum Gasteiger partial charge on any atom is -0.444 e.